The molecule has 3 N–H and O–H groups in total. The molecule has 0 aliphatic heterocycles. The van der Waals surface area contributed by atoms with Crippen molar-refractivity contribution in [2.45, 2.75) is 19.8 Å². The first kappa shape index (κ1) is 8.45. The lowest BCUT2D eigenvalue weighted by Crippen LogP contribution is -2.42. The van der Waals surface area contributed by atoms with Crippen molar-refractivity contribution in [3.8, 4) is 0 Å². The zero-order valence-electron chi connectivity index (χ0n) is 5.46. The van der Waals surface area contributed by atoms with E-state index in [0.717, 1.165) is 0 Å². The Labute approximate surface area is 54.0 Å². The molecule has 9 heavy (non-hydrogen) atoms. The fourth-order valence-electron chi connectivity index (χ4n) is 0.433. The maximum atomic E-state index is 10.1. The van der Waals surface area contributed by atoms with Crippen molar-refractivity contribution in [2.75, 3.05) is 0 Å². The Morgan fingerprint density at radius 2 is 2.22 bits per heavy atom. The van der Waals surface area contributed by atoms with Crippen LogP contribution in [0.3, 0.4) is 0 Å². The summed E-state index contributed by atoms with van der Waals surface area (Å²) in [5.41, 5.74) is 0. The third kappa shape index (κ3) is 3.99. The van der Waals surface area contributed by atoms with Gasteiger partial charge in [-0.15, -0.1) is 0 Å². The molecule has 0 bridgehead atoms. The van der Waals surface area contributed by atoms with E-state index in [-0.39, 0.29) is 0 Å². The first-order chi connectivity index (χ1) is 4.04. The van der Waals surface area contributed by atoms with Crippen molar-refractivity contribution in [3.05, 3.63) is 0 Å². The molecule has 0 heterocycles. The molecule has 0 saturated carbocycles. The van der Waals surface area contributed by atoms with E-state index in [0.29, 0.717) is 0 Å². The van der Waals surface area contributed by atoms with Crippen molar-refractivity contribution >= 4 is 13.0 Å². The second kappa shape index (κ2) is 3.47. The number of carbonyl (C=O) groups is 1. The molecule has 0 unspecified atom stereocenters. The number of carboxylic acid groups (broad SMARTS) is 1. The summed E-state index contributed by atoms with van der Waals surface area (Å²) in [6, 6.07) is -0.690. The fraction of sp³-hybridized carbons (Fsp3) is 0.750. The van der Waals surface area contributed by atoms with E-state index in [1.807, 2.05) is 0 Å². The van der Waals surface area contributed by atoms with Crippen LogP contribution in [-0.2, 0) is 4.79 Å². The maximum absolute atomic E-state index is 10.1. The molecule has 0 rings (SSSR count). The van der Waals surface area contributed by atoms with Gasteiger partial charge >= 0.3 is 13.0 Å². The summed E-state index contributed by atoms with van der Waals surface area (Å²) in [7, 11) is -0.768. The molecule has 5 heteroatoms. The van der Waals surface area contributed by atoms with Gasteiger partial charge in [0.1, 0.15) is 0 Å². The molecule has 0 amide bonds. The average Bonchev–Trinajstić information content (AvgIpc) is 1.63. The van der Waals surface area contributed by atoms with E-state index < -0.39 is 19.1 Å². The van der Waals surface area contributed by atoms with Crippen molar-refractivity contribution < 1.29 is 14.9 Å². The van der Waals surface area contributed by atoms with Crippen LogP contribution >= 0.6 is 0 Å². The Morgan fingerprint density at radius 1 is 1.78 bits per heavy atom. The summed E-state index contributed by atoms with van der Waals surface area (Å²) >= 11 is 0. The molecule has 52 valence electrons. The fourth-order valence-corrected chi connectivity index (χ4v) is 0.433. The van der Waals surface area contributed by atoms with Gasteiger partial charge in [-0.3, -0.25) is 4.79 Å². The van der Waals surface area contributed by atoms with E-state index in [9.17, 15) is 4.79 Å². The van der Waals surface area contributed by atoms with Gasteiger partial charge in [0.25, 0.3) is 0 Å². The van der Waals surface area contributed by atoms with Gasteiger partial charge in [-0.2, -0.15) is 0 Å². The number of nitrogens with one attached hydrogen (secondary N) is 1. The van der Waals surface area contributed by atoms with E-state index >= 15 is 0 Å². The third-order valence-electron chi connectivity index (χ3n) is 0.862. The molecule has 0 spiro atoms. The third-order valence-corrected chi connectivity index (χ3v) is 0.862. The zero-order chi connectivity index (χ0) is 7.44. The summed E-state index contributed by atoms with van der Waals surface area (Å²) in [5, 5.41) is 19.3. The normalized spacial score (nSPS) is 12.8. The molecular weight excluding hydrogens is 121 g/mol. The van der Waals surface area contributed by atoms with Crippen molar-refractivity contribution in [1.82, 2.24) is 5.23 Å². The predicted molar refractivity (Wildman–Crippen MR) is 34.1 cm³/mol. The molecule has 0 aliphatic rings. The van der Waals surface area contributed by atoms with Crippen molar-refractivity contribution in [1.29, 1.82) is 0 Å². The Morgan fingerprint density at radius 3 is 2.33 bits per heavy atom. The van der Waals surface area contributed by atoms with Gasteiger partial charge < -0.3 is 15.4 Å². The van der Waals surface area contributed by atoms with Crippen LogP contribution in [0.15, 0.2) is 0 Å². The molecular formula is C4H10BNO3. The van der Waals surface area contributed by atoms with Crippen LogP contribution in [0.5, 0.6) is 0 Å². The predicted octanol–water partition coefficient (Wildman–Crippen LogP) is -0.841. The Bertz CT molecular complexity index is 106. The monoisotopic (exact) mass is 131 g/mol. The van der Waals surface area contributed by atoms with Crippen LogP contribution in [0, 0.1) is 0 Å². The van der Waals surface area contributed by atoms with E-state index in [1.165, 1.54) is 13.7 Å². The lowest BCUT2D eigenvalue weighted by atomic mass is 9.87. The summed E-state index contributed by atoms with van der Waals surface area (Å²) in [6.45, 7) is 2.94. The smallest absolute Gasteiger partial charge is 0.374 e. The minimum atomic E-state index is -0.962. The van der Waals surface area contributed by atoms with Gasteiger partial charge in [0, 0.05) is 0 Å². The molecule has 0 aliphatic carbocycles. The number of aliphatic carboxylic acids is 1. The lowest BCUT2D eigenvalue weighted by molar-refractivity contribution is -0.138. The molecule has 0 aromatic carbocycles. The second-order valence-electron chi connectivity index (χ2n) is 1.90. The number of hydrogen-bond donors (Lipinski definition) is 3. The van der Waals surface area contributed by atoms with E-state index in [1.54, 1.807) is 0 Å². The number of carboxylic acids is 1. The highest BCUT2D eigenvalue weighted by Crippen LogP contribution is 1.80. The molecule has 0 saturated heterocycles. The van der Waals surface area contributed by atoms with Gasteiger partial charge in [-0.05, 0) is 13.7 Å². The maximum Gasteiger partial charge on any atom is 0.374 e. The van der Waals surface area contributed by atoms with Gasteiger partial charge in [0.05, 0.1) is 6.04 Å². The Balaban J connectivity index is 3.50. The highest BCUT2D eigenvalue weighted by atomic mass is 16.4. The first-order valence-electron chi connectivity index (χ1n) is 2.71. The van der Waals surface area contributed by atoms with Crippen LogP contribution in [0.4, 0.5) is 0 Å². The average molecular weight is 131 g/mol. The van der Waals surface area contributed by atoms with Crippen LogP contribution in [0.1, 0.15) is 6.92 Å². The molecule has 0 aromatic rings. The Kier molecular flexibility index (Phi) is 3.26. The minimum Gasteiger partial charge on any atom is -0.480 e. The highest BCUT2D eigenvalue weighted by molar-refractivity contribution is 6.45. The molecule has 0 radical (unpaired) electrons. The van der Waals surface area contributed by atoms with Crippen LogP contribution in [-0.4, -0.2) is 29.2 Å². The molecule has 1 atom stereocenters. The van der Waals surface area contributed by atoms with E-state index in [4.69, 9.17) is 10.1 Å². The molecule has 0 aromatic heterocycles. The zero-order valence-corrected chi connectivity index (χ0v) is 5.46. The van der Waals surface area contributed by atoms with Crippen molar-refractivity contribution in [2.24, 2.45) is 0 Å². The largest absolute Gasteiger partial charge is 0.480 e. The number of rotatable bonds is 3. The van der Waals surface area contributed by atoms with Crippen LogP contribution < -0.4 is 5.23 Å². The lowest BCUT2D eigenvalue weighted by Gasteiger charge is -2.07. The van der Waals surface area contributed by atoms with Gasteiger partial charge in [-0.1, -0.05) is 0 Å². The van der Waals surface area contributed by atoms with Gasteiger partial charge in [-0.25, -0.2) is 0 Å². The van der Waals surface area contributed by atoms with Crippen molar-refractivity contribution in [3.63, 3.8) is 0 Å². The summed E-state index contributed by atoms with van der Waals surface area (Å²) < 4.78 is 0. The van der Waals surface area contributed by atoms with Crippen LogP contribution in [0.25, 0.3) is 0 Å². The quantitative estimate of drug-likeness (QED) is 0.436. The topological polar surface area (TPSA) is 69.6 Å². The highest BCUT2D eigenvalue weighted by Gasteiger charge is 2.13. The van der Waals surface area contributed by atoms with Crippen LogP contribution in [0.2, 0.25) is 6.82 Å². The summed E-state index contributed by atoms with van der Waals surface area (Å²) in [6.07, 6.45) is 0. The Hall–Kier alpha value is -0.545. The van der Waals surface area contributed by atoms with Gasteiger partial charge in [0.15, 0.2) is 0 Å². The standard InChI is InChI=1S/C4H10BNO3/c1-3(4(7)8)6-5(2)9/h3,6,9H,1-2H3,(H,7,8)/t3-/m1/s1. The first-order valence-corrected chi connectivity index (χ1v) is 2.71. The SMILES string of the molecule is CB(O)N[C@H](C)C(=O)O. The number of hydrogen-bond acceptors (Lipinski definition) is 3. The van der Waals surface area contributed by atoms with Gasteiger partial charge in [0.2, 0.25) is 0 Å². The minimum absolute atomic E-state index is 0.690. The second-order valence-corrected chi connectivity index (χ2v) is 1.90. The molecule has 4 nitrogen and oxygen atoms in total. The van der Waals surface area contributed by atoms with E-state index in [2.05, 4.69) is 5.23 Å². The molecule has 0 fully saturated rings. The summed E-state index contributed by atoms with van der Waals surface area (Å²) in [4.78, 5) is 10.1. The summed E-state index contributed by atoms with van der Waals surface area (Å²) in [5.74, 6) is -0.962.